The Bertz CT molecular complexity index is 514. The van der Waals surface area contributed by atoms with Crippen molar-refractivity contribution in [1.82, 2.24) is 4.90 Å². The van der Waals surface area contributed by atoms with Gasteiger partial charge in [0.1, 0.15) is 0 Å². The predicted molar refractivity (Wildman–Crippen MR) is 94.2 cm³/mol. The molecular formula is C15H20Cl2N2O2S. The second-order valence-corrected chi connectivity index (χ2v) is 7.58. The summed E-state index contributed by atoms with van der Waals surface area (Å²) in [6, 6.07) is 4.74. The summed E-state index contributed by atoms with van der Waals surface area (Å²) in [5.41, 5.74) is -0.0820. The summed E-state index contributed by atoms with van der Waals surface area (Å²) in [7, 11) is 0. The van der Waals surface area contributed by atoms with Gasteiger partial charge in [-0.05, 0) is 36.8 Å². The van der Waals surface area contributed by atoms with E-state index < -0.39 is 5.60 Å². The number of thioether (sulfide) groups is 1. The molecule has 0 unspecified atom stereocenters. The number of nitrogens with one attached hydrogen (secondary N) is 1. The first-order valence-corrected chi connectivity index (χ1v) is 9.15. The molecule has 22 heavy (non-hydrogen) atoms. The molecule has 4 nitrogen and oxygen atoms in total. The number of halogens is 2. The van der Waals surface area contributed by atoms with Gasteiger partial charge in [-0.25, -0.2) is 4.79 Å². The number of urea groups is 1. The minimum Gasteiger partial charge on any atom is -0.389 e. The maximum Gasteiger partial charge on any atom is 0.321 e. The van der Waals surface area contributed by atoms with Gasteiger partial charge in [0.05, 0.1) is 5.60 Å². The van der Waals surface area contributed by atoms with E-state index in [2.05, 4.69) is 12.2 Å². The molecule has 0 atom stereocenters. The van der Waals surface area contributed by atoms with E-state index in [4.69, 9.17) is 23.2 Å². The Hall–Kier alpha value is -0.620. The van der Waals surface area contributed by atoms with Crippen LogP contribution in [0.3, 0.4) is 0 Å². The summed E-state index contributed by atoms with van der Waals surface area (Å²) >= 11 is 13.6. The highest BCUT2D eigenvalue weighted by molar-refractivity contribution is 7.99. The summed E-state index contributed by atoms with van der Waals surface area (Å²) in [5, 5.41) is 14.2. The van der Waals surface area contributed by atoms with E-state index in [0.29, 0.717) is 41.7 Å². The van der Waals surface area contributed by atoms with Crippen LogP contribution in [0.15, 0.2) is 18.2 Å². The fraction of sp³-hybridized carbons (Fsp3) is 0.533. The van der Waals surface area contributed by atoms with Gasteiger partial charge in [0, 0.05) is 34.6 Å². The Morgan fingerprint density at radius 3 is 2.45 bits per heavy atom. The first-order valence-electron chi connectivity index (χ1n) is 7.24. The zero-order valence-corrected chi connectivity index (χ0v) is 14.8. The number of benzene rings is 1. The second kappa shape index (κ2) is 7.77. The minimum atomic E-state index is -0.656. The highest BCUT2D eigenvalue weighted by Gasteiger charge is 2.33. The topological polar surface area (TPSA) is 52.6 Å². The van der Waals surface area contributed by atoms with E-state index in [1.54, 1.807) is 34.9 Å². The van der Waals surface area contributed by atoms with Gasteiger partial charge < -0.3 is 15.3 Å². The molecule has 1 aliphatic heterocycles. The zero-order chi connectivity index (χ0) is 16.2. The third-order valence-corrected chi connectivity index (χ3v) is 5.26. The number of hydrogen-bond donors (Lipinski definition) is 2. The third-order valence-electron chi connectivity index (χ3n) is 3.67. The van der Waals surface area contributed by atoms with Gasteiger partial charge in [-0.2, -0.15) is 11.8 Å². The van der Waals surface area contributed by atoms with Crippen molar-refractivity contribution in [2.24, 2.45) is 0 Å². The van der Waals surface area contributed by atoms with E-state index >= 15 is 0 Å². The molecule has 7 heteroatoms. The highest BCUT2D eigenvalue weighted by atomic mass is 35.5. The van der Waals surface area contributed by atoms with Crippen molar-refractivity contribution in [3.63, 3.8) is 0 Å². The average molecular weight is 363 g/mol. The maximum atomic E-state index is 12.3. The standard InChI is InChI=1S/C15H20Cl2N2O2S/c1-2-22-10-15(21)3-5-19(6-4-15)14(20)18-13-8-11(16)7-12(17)9-13/h7-9,21H,2-6,10H2,1H3,(H,18,20). The molecule has 0 radical (unpaired) electrons. The van der Waals surface area contributed by atoms with Crippen molar-refractivity contribution < 1.29 is 9.90 Å². The number of nitrogens with zero attached hydrogens (tertiary/aromatic N) is 1. The van der Waals surface area contributed by atoms with Crippen molar-refractivity contribution in [3.05, 3.63) is 28.2 Å². The number of likely N-dealkylation sites (tertiary alicyclic amines) is 1. The van der Waals surface area contributed by atoms with Gasteiger partial charge in [0.15, 0.2) is 0 Å². The van der Waals surface area contributed by atoms with Crippen molar-refractivity contribution in [2.75, 3.05) is 29.9 Å². The molecular weight excluding hydrogens is 343 g/mol. The third kappa shape index (κ3) is 4.95. The number of piperidine rings is 1. The molecule has 1 fully saturated rings. The Morgan fingerprint density at radius 1 is 1.32 bits per heavy atom. The van der Waals surface area contributed by atoms with Gasteiger partial charge in [-0.15, -0.1) is 0 Å². The molecule has 1 aromatic carbocycles. The van der Waals surface area contributed by atoms with Crippen molar-refractivity contribution >= 4 is 46.7 Å². The normalized spacial score (nSPS) is 17.4. The lowest BCUT2D eigenvalue weighted by Gasteiger charge is -2.38. The monoisotopic (exact) mass is 362 g/mol. The van der Waals surface area contributed by atoms with Crippen molar-refractivity contribution in [1.29, 1.82) is 0 Å². The SMILES string of the molecule is CCSCC1(O)CCN(C(=O)Nc2cc(Cl)cc(Cl)c2)CC1. The molecule has 0 aliphatic carbocycles. The molecule has 0 spiro atoms. The molecule has 122 valence electrons. The van der Waals surface area contributed by atoms with Gasteiger partial charge in [0.25, 0.3) is 0 Å². The van der Waals surface area contributed by atoms with Crippen LogP contribution in [-0.2, 0) is 0 Å². The van der Waals surface area contributed by atoms with Gasteiger partial charge in [-0.3, -0.25) is 0 Å². The van der Waals surface area contributed by atoms with Crippen LogP contribution in [-0.4, -0.2) is 46.2 Å². The van der Waals surface area contributed by atoms with Crippen LogP contribution in [0.2, 0.25) is 10.0 Å². The molecule has 0 aromatic heterocycles. The molecule has 2 amide bonds. The summed E-state index contributed by atoms with van der Waals surface area (Å²) in [6.07, 6.45) is 1.20. The maximum absolute atomic E-state index is 12.3. The fourth-order valence-electron chi connectivity index (χ4n) is 2.39. The largest absolute Gasteiger partial charge is 0.389 e. The average Bonchev–Trinajstić information content (AvgIpc) is 2.45. The summed E-state index contributed by atoms with van der Waals surface area (Å²) < 4.78 is 0. The first-order chi connectivity index (χ1) is 10.4. The summed E-state index contributed by atoms with van der Waals surface area (Å²) in [5.74, 6) is 1.71. The number of hydrogen-bond acceptors (Lipinski definition) is 3. The van der Waals surface area contributed by atoms with Crippen LogP contribution in [0.25, 0.3) is 0 Å². The molecule has 1 saturated heterocycles. The summed E-state index contributed by atoms with van der Waals surface area (Å²) in [4.78, 5) is 14.0. The Balaban J connectivity index is 1.89. The number of aliphatic hydroxyl groups is 1. The van der Waals surface area contributed by atoms with Crippen LogP contribution in [0, 0.1) is 0 Å². The van der Waals surface area contributed by atoms with E-state index in [9.17, 15) is 9.90 Å². The predicted octanol–water partition coefficient (Wildman–Crippen LogP) is 4.11. The first kappa shape index (κ1) is 17.7. The lowest BCUT2D eigenvalue weighted by molar-refractivity contribution is 0.00999. The Labute approximate surface area is 145 Å². The van der Waals surface area contributed by atoms with Gasteiger partial charge in [0.2, 0.25) is 0 Å². The number of carbonyl (C=O) groups excluding carboxylic acids is 1. The smallest absolute Gasteiger partial charge is 0.321 e. The van der Waals surface area contributed by atoms with Crippen LogP contribution >= 0.6 is 35.0 Å². The van der Waals surface area contributed by atoms with Crippen LogP contribution in [0.4, 0.5) is 10.5 Å². The minimum absolute atomic E-state index is 0.191. The Morgan fingerprint density at radius 2 is 1.91 bits per heavy atom. The van der Waals surface area contributed by atoms with Gasteiger partial charge in [-0.1, -0.05) is 30.1 Å². The lowest BCUT2D eigenvalue weighted by atomic mass is 9.94. The molecule has 1 aliphatic rings. The van der Waals surface area contributed by atoms with Crippen LogP contribution in [0.1, 0.15) is 19.8 Å². The van der Waals surface area contributed by atoms with Gasteiger partial charge >= 0.3 is 6.03 Å². The van der Waals surface area contributed by atoms with Crippen LogP contribution < -0.4 is 5.32 Å². The number of rotatable bonds is 4. The number of amides is 2. The van der Waals surface area contributed by atoms with E-state index in [0.717, 1.165) is 11.5 Å². The summed E-state index contributed by atoms with van der Waals surface area (Å²) in [6.45, 7) is 3.16. The second-order valence-electron chi connectivity index (χ2n) is 5.44. The lowest BCUT2D eigenvalue weighted by Crippen LogP contribution is -2.49. The quantitative estimate of drug-likeness (QED) is 0.847. The zero-order valence-electron chi connectivity index (χ0n) is 12.4. The molecule has 1 heterocycles. The fourth-order valence-corrected chi connectivity index (χ4v) is 3.79. The number of anilines is 1. The number of carbonyl (C=O) groups is 1. The highest BCUT2D eigenvalue weighted by Crippen LogP contribution is 2.27. The van der Waals surface area contributed by atoms with Crippen molar-refractivity contribution in [3.8, 4) is 0 Å². The van der Waals surface area contributed by atoms with Crippen molar-refractivity contribution in [2.45, 2.75) is 25.4 Å². The molecule has 2 rings (SSSR count). The molecule has 2 N–H and O–H groups in total. The molecule has 0 saturated carbocycles. The van der Waals surface area contributed by atoms with E-state index in [1.165, 1.54) is 0 Å². The Kier molecular flexibility index (Phi) is 6.26. The molecule has 1 aromatic rings. The van der Waals surface area contributed by atoms with E-state index in [1.807, 2.05) is 0 Å². The van der Waals surface area contributed by atoms with E-state index in [-0.39, 0.29) is 6.03 Å². The van der Waals surface area contributed by atoms with Crippen LogP contribution in [0.5, 0.6) is 0 Å². The molecule has 0 bridgehead atoms.